The second kappa shape index (κ2) is 6.21. The Morgan fingerprint density at radius 2 is 1.95 bits per heavy atom. The van der Waals surface area contributed by atoms with Crippen LogP contribution in [-0.4, -0.2) is 54.1 Å². The molecule has 0 aromatic rings. The fourth-order valence-corrected chi connectivity index (χ4v) is 1.84. The van der Waals surface area contributed by atoms with Crippen LogP contribution in [0, 0.1) is 5.92 Å². The fourth-order valence-electron chi connectivity index (χ4n) is 1.84. The van der Waals surface area contributed by atoms with E-state index in [0.717, 1.165) is 0 Å². The van der Waals surface area contributed by atoms with Gasteiger partial charge in [-0.05, 0) is 13.3 Å². The number of amides is 3. The van der Waals surface area contributed by atoms with Gasteiger partial charge >= 0.3 is 12.0 Å². The molecule has 1 aliphatic rings. The van der Waals surface area contributed by atoms with Crippen LogP contribution in [0.5, 0.6) is 0 Å². The molecule has 0 aromatic carbocycles. The molecule has 7 heteroatoms. The number of hydrogen-bond acceptors (Lipinski definition) is 3. The summed E-state index contributed by atoms with van der Waals surface area (Å²) in [5.74, 6) is -1.68. The minimum atomic E-state index is -0.905. The van der Waals surface area contributed by atoms with Crippen LogP contribution in [0.1, 0.15) is 13.3 Å². The van der Waals surface area contributed by atoms with Crippen molar-refractivity contribution in [1.29, 1.82) is 0 Å². The van der Waals surface area contributed by atoms with E-state index in [1.807, 2.05) is 0 Å². The highest BCUT2D eigenvalue weighted by Gasteiger charge is 2.26. The summed E-state index contributed by atoms with van der Waals surface area (Å²) in [6.07, 6.45) is 3.54. The predicted molar refractivity (Wildman–Crippen MR) is 68.5 cm³/mol. The lowest BCUT2D eigenvalue weighted by atomic mass is 10.1. The Balaban J connectivity index is 2.39. The van der Waals surface area contributed by atoms with Gasteiger partial charge in [-0.1, -0.05) is 12.2 Å². The zero-order chi connectivity index (χ0) is 14.6. The summed E-state index contributed by atoms with van der Waals surface area (Å²) in [4.78, 5) is 35.3. The zero-order valence-corrected chi connectivity index (χ0v) is 11.2. The van der Waals surface area contributed by atoms with Crippen molar-refractivity contribution in [3.8, 4) is 0 Å². The molecular weight excluding hydrogens is 250 g/mol. The second-order valence-corrected chi connectivity index (χ2v) is 4.74. The van der Waals surface area contributed by atoms with Crippen LogP contribution in [0.15, 0.2) is 12.2 Å². The lowest BCUT2D eigenvalue weighted by Crippen LogP contribution is -2.50. The molecule has 0 aromatic heterocycles. The largest absolute Gasteiger partial charge is 0.481 e. The summed E-state index contributed by atoms with van der Waals surface area (Å²) in [5.41, 5.74) is 0. The number of carboxylic acids is 1. The Morgan fingerprint density at radius 3 is 2.42 bits per heavy atom. The molecule has 0 bridgehead atoms. The van der Waals surface area contributed by atoms with Crippen molar-refractivity contribution in [1.82, 2.24) is 15.5 Å². The van der Waals surface area contributed by atoms with Crippen molar-refractivity contribution in [2.24, 2.45) is 5.92 Å². The Labute approximate surface area is 111 Å². The number of hydrogen-bond donors (Lipinski definition) is 3. The van der Waals surface area contributed by atoms with Crippen LogP contribution in [0.4, 0.5) is 4.79 Å². The van der Waals surface area contributed by atoms with E-state index >= 15 is 0 Å². The SMILES string of the molecule is CC(NC(=O)NC1C=CC(C(=O)O)C1)C(=O)N(C)C. The lowest BCUT2D eigenvalue weighted by Gasteiger charge is -2.19. The molecule has 0 aliphatic heterocycles. The molecule has 1 rings (SSSR count). The minimum Gasteiger partial charge on any atom is -0.481 e. The summed E-state index contributed by atoms with van der Waals surface area (Å²) in [5, 5.41) is 13.9. The summed E-state index contributed by atoms with van der Waals surface area (Å²) in [6.45, 7) is 1.59. The third-order valence-corrected chi connectivity index (χ3v) is 2.88. The van der Waals surface area contributed by atoms with Gasteiger partial charge in [-0.2, -0.15) is 0 Å². The van der Waals surface area contributed by atoms with Gasteiger partial charge in [0.1, 0.15) is 6.04 Å². The van der Waals surface area contributed by atoms with Crippen molar-refractivity contribution >= 4 is 17.9 Å². The minimum absolute atomic E-state index is 0.208. The van der Waals surface area contributed by atoms with Gasteiger partial charge in [0.2, 0.25) is 5.91 Å². The van der Waals surface area contributed by atoms with Crippen LogP contribution < -0.4 is 10.6 Å². The van der Waals surface area contributed by atoms with Crippen molar-refractivity contribution in [3.05, 3.63) is 12.2 Å². The number of aliphatic carboxylic acids is 1. The van der Waals surface area contributed by atoms with E-state index in [1.165, 1.54) is 4.90 Å². The lowest BCUT2D eigenvalue weighted by molar-refractivity contribution is -0.140. The molecule has 1 aliphatic carbocycles. The predicted octanol–water partition coefficient (Wildman–Crippen LogP) is -0.208. The number of carbonyl (C=O) groups is 3. The van der Waals surface area contributed by atoms with Crippen LogP contribution in [0.3, 0.4) is 0 Å². The maximum absolute atomic E-state index is 11.6. The van der Waals surface area contributed by atoms with E-state index in [1.54, 1.807) is 33.2 Å². The molecule has 3 amide bonds. The Hall–Kier alpha value is -2.05. The number of likely N-dealkylation sites (N-methyl/N-ethyl adjacent to an activating group) is 1. The van der Waals surface area contributed by atoms with E-state index < -0.39 is 24.0 Å². The first kappa shape index (κ1) is 15.0. The quantitative estimate of drug-likeness (QED) is 0.615. The molecule has 0 saturated heterocycles. The van der Waals surface area contributed by atoms with E-state index in [4.69, 9.17) is 5.11 Å². The van der Waals surface area contributed by atoms with Gasteiger partial charge in [0, 0.05) is 14.1 Å². The molecule has 0 saturated carbocycles. The molecule has 0 radical (unpaired) electrons. The number of carbonyl (C=O) groups excluding carboxylic acids is 2. The highest BCUT2D eigenvalue weighted by atomic mass is 16.4. The van der Waals surface area contributed by atoms with Gasteiger partial charge < -0.3 is 20.6 Å². The summed E-state index contributed by atoms with van der Waals surface area (Å²) in [6, 6.07) is -1.43. The maximum Gasteiger partial charge on any atom is 0.315 e. The Bertz CT molecular complexity index is 406. The highest BCUT2D eigenvalue weighted by molar-refractivity contribution is 5.86. The fraction of sp³-hybridized carbons (Fsp3) is 0.583. The van der Waals surface area contributed by atoms with E-state index in [2.05, 4.69) is 10.6 Å². The normalized spacial score (nSPS) is 22.7. The number of nitrogens with zero attached hydrogens (tertiary/aromatic N) is 1. The van der Waals surface area contributed by atoms with Crippen LogP contribution in [-0.2, 0) is 9.59 Å². The van der Waals surface area contributed by atoms with E-state index in [9.17, 15) is 14.4 Å². The molecular formula is C12H19N3O4. The van der Waals surface area contributed by atoms with Gasteiger partial charge in [0.05, 0.1) is 12.0 Å². The number of carboxylic acid groups (broad SMARTS) is 1. The number of urea groups is 1. The average Bonchev–Trinajstić information content (AvgIpc) is 2.76. The van der Waals surface area contributed by atoms with E-state index in [0.29, 0.717) is 6.42 Å². The molecule has 3 atom stereocenters. The molecule has 7 nitrogen and oxygen atoms in total. The summed E-state index contributed by atoms with van der Waals surface area (Å²) in [7, 11) is 3.21. The molecule has 3 N–H and O–H groups in total. The monoisotopic (exact) mass is 269 g/mol. The van der Waals surface area contributed by atoms with Crippen molar-refractivity contribution < 1.29 is 19.5 Å². The number of nitrogens with one attached hydrogen (secondary N) is 2. The molecule has 19 heavy (non-hydrogen) atoms. The zero-order valence-electron chi connectivity index (χ0n) is 11.2. The van der Waals surface area contributed by atoms with E-state index in [-0.39, 0.29) is 11.9 Å². The molecule has 3 unspecified atom stereocenters. The topological polar surface area (TPSA) is 98.7 Å². The van der Waals surface area contributed by atoms with Gasteiger partial charge in [0.15, 0.2) is 0 Å². The maximum atomic E-state index is 11.6. The van der Waals surface area contributed by atoms with Crippen molar-refractivity contribution in [3.63, 3.8) is 0 Å². The standard InChI is InChI=1S/C12H19N3O4/c1-7(10(16)15(2)3)13-12(19)14-9-5-4-8(6-9)11(17)18/h4-5,7-9H,6H2,1-3H3,(H,17,18)(H2,13,14,19). The Morgan fingerprint density at radius 1 is 1.32 bits per heavy atom. The first-order valence-corrected chi connectivity index (χ1v) is 6.00. The molecule has 0 fully saturated rings. The smallest absolute Gasteiger partial charge is 0.315 e. The first-order valence-electron chi connectivity index (χ1n) is 6.00. The third kappa shape index (κ3) is 4.27. The molecule has 106 valence electrons. The average molecular weight is 269 g/mol. The van der Waals surface area contributed by atoms with Crippen LogP contribution >= 0.6 is 0 Å². The van der Waals surface area contributed by atoms with Crippen molar-refractivity contribution in [2.45, 2.75) is 25.4 Å². The summed E-state index contributed by atoms with van der Waals surface area (Å²) >= 11 is 0. The van der Waals surface area contributed by atoms with Gasteiger partial charge in [-0.3, -0.25) is 9.59 Å². The van der Waals surface area contributed by atoms with Crippen LogP contribution in [0.2, 0.25) is 0 Å². The molecule has 0 spiro atoms. The molecule has 0 heterocycles. The summed E-state index contributed by atoms with van der Waals surface area (Å²) < 4.78 is 0. The second-order valence-electron chi connectivity index (χ2n) is 4.74. The van der Waals surface area contributed by atoms with Gasteiger partial charge in [-0.15, -0.1) is 0 Å². The van der Waals surface area contributed by atoms with Crippen molar-refractivity contribution in [2.75, 3.05) is 14.1 Å². The number of rotatable bonds is 4. The Kier molecular flexibility index (Phi) is 4.91. The first-order chi connectivity index (χ1) is 8.81. The van der Waals surface area contributed by atoms with Gasteiger partial charge in [0.25, 0.3) is 0 Å². The highest BCUT2D eigenvalue weighted by Crippen LogP contribution is 2.17. The third-order valence-electron chi connectivity index (χ3n) is 2.88. The van der Waals surface area contributed by atoms with Gasteiger partial charge in [-0.25, -0.2) is 4.79 Å². The van der Waals surface area contributed by atoms with Crippen LogP contribution in [0.25, 0.3) is 0 Å².